The number of nitrogens with two attached hydrogens (primary N) is 1. The van der Waals surface area contributed by atoms with Crippen LogP contribution in [-0.4, -0.2) is 54.3 Å². The second-order valence-corrected chi connectivity index (χ2v) is 6.61. The molecule has 3 atom stereocenters. The van der Waals surface area contributed by atoms with Gasteiger partial charge < -0.3 is 15.5 Å². The molecule has 0 aliphatic carbocycles. The minimum Gasteiger partial charge on any atom is -0.342 e. The summed E-state index contributed by atoms with van der Waals surface area (Å²) in [5.41, 5.74) is 5.69. The maximum Gasteiger partial charge on any atom is 0.227 e. The largest absolute Gasteiger partial charge is 0.342 e. The van der Waals surface area contributed by atoms with Crippen LogP contribution in [0.2, 0.25) is 0 Å². The van der Waals surface area contributed by atoms with Gasteiger partial charge in [-0.2, -0.15) is 0 Å². The van der Waals surface area contributed by atoms with E-state index in [0.29, 0.717) is 19.0 Å². The molecule has 0 aromatic rings. The molecule has 5 nitrogen and oxygen atoms in total. The summed E-state index contributed by atoms with van der Waals surface area (Å²) >= 11 is 0. The number of amides is 2. The molecule has 0 bridgehead atoms. The number of hydrogen-bond acceptors (Lipinski definition) is 3. The Bertz CT molecular complexity index is 392. The van der Waals surface area contributed by atoms with Crippen molar-refractivity contribution < 1.29 is 9.59 Å². The summed E-state index contributed by atoms with van der Waals surface area (Å²) in [6.45, 7) is 7.70. The summed E-state index contributed by atoms with van der Waals surface area (Å²) in [5, 5.41) is 0. The first kappa shape index (κ1) is 19.2. The predicted molar refractivity (Wildman–Crippen MR) is 89.7 cm³/mol. The lowest BCUT2D eigenvalue weighted by Crippen LogP contribution is -2.47. The summed E-state index contributed by atoms with van der Waals surface area (Å²) < 4.78 is 0. The summed E-state index contributed by atoms with van der Waals surface area (Å²) in [7, 11) is 0. The molecular weight excluding hydrogens is 302 g/mol. The molecule has 0 aromatic heterocycles. The van der Waals surface area contributed by atoms with Gasteiger partial charge in [0, 0.05) is 32.1 Å². The summed E-state index contributed by atoms with van der Waals surface area (Å²) in [6.07, 6.45) is 3.72. The van der Waals surface area contributed by atoms with Gasteiger partial charge in [0.1, 0.15) is 0 Å². The van der Waals surface area contributed by atoms with E-state index in [-0.39, 0.29) is 36.1 Å². The van der Waals surface area contributed by atoms with E-state index in [4.69, 9.17) is 5.73 Å². The molecular formula is C16H30ClN3O2. The highest BCUT2D eigenvalue weighted by atomic mass is 35.5. The van der Waals surface area contributed by atoms with Crippen molar-refractivity contribution in [2.75, 3.05) is 32.7 Å². The Morgan fingerprint density at radius 3 is 2.50 bits per heavy atom. The van der Waals surface area contributed by atoms with Gasteiger partial charge in [0.2, 0.25) is 11.8 Å². The van der Waals surface area contributed by atoms with Gasteiger partial charge in [0.25, 0.3) is 0 Å². The fraction of sp³-hybridized carbons (Fsp3) is 0.875. The number of likely N-dealkylation sites (tertiary alicyclic amines) is 2. The van der Waals surface area contributed by atoms with E-state index >= 15 is 0 Å². The average molecular weight is 332 g/mol. The van der Waals surface area contributed by atoms with Crippen LogP contribution >= 0.6 is 12.4 Å². The topological polar surface area (TPSA) is 66.6 Å². The average Bonchev–Trinajstić information content (AvgIpc) is 3.01. The molecule has 2 heterocycles. The lowest BCUT2D eigenvalue weighted by molar-refractivity contribution is -0.142. The molecule has 2 aliphatic heterocycles. The molecule has 0 saturated carbocycles. The Hall–Kier alpha value is -0.810. The first-order valence-electron chi connectivity index (χ1n) is 8.34. The maximum absolute atomic E-state index is 12.6. The number of carbonyl (C=O) groups excluding carboxylic acids is 2. The van der Waals surface area contributed by atoms with Crippen LogP contribution in [0.25, 0.3) is 0 Å². The third-order valence-corrected chi connectivity index (χ3v) is 5.05. The Labute approximate surface area is 140 Å². The molecule has 0 spiro atoms. The molecule has 0 aromatic carbocycles. The van der Waals surface area contributed by atoms with E-state index in [2.05, 4.69) is 0 Å². The molecule has 22 heavy (non-hydrogen) atoms. The molecule has 128 valence electrons. The predicted octanol–water partition coefficient (Wildman–Crippen LogP) is 1.50. The van der Waals surface area contributed by atoms with Crippen LogP contribution in [0.1, 0.15) is 39.5 Å². The first-order valence-corrected chi connectivity index (χ1v) is 8.34. The molecule has 0 radical (unpaired) electrons. The fourth-order valence-electron chi connectivity index (χ4n) is 3.35. The highest BCUT2D eigenvalue weighted by Crippen LogP contribution is 2.24. The van der Waals surface area contributed by atoms with Crippen LogP contribution in [0.5, 0.6) is 0 Å². The van der Waals surface area contributed by atoms with Crippen LogP contribution in [-0.2, 0) is 9.59 Å². The Kier molecular flexibility index (Phi) is 7.63. The first-order chi connectivity index (χ1) is 10.1. The van der Waals surface area contributed by atoms with Crippen molar-refractivity contribution in [2.24, 2.45) is 23.5 Å². The molecule has 2 aliphatic rings. The van der Waals surface area contributed by atoms with Crippen molar-refractivity contribution in [3.05, 3.63) is 0 Å². The van der Waals surface area contributed by atoms with Gasteiger partial charge in [-0.25, -0.2) is 0 Å². The molecule has 3 unspecified atom stereocenters. The second kappa shape index (κ2) is 8.73. The molecule has 2 rings (SSSR count). The van der Waals surface area contributed by atoms with E-state index in [9.17, 15) is 9.59 Å². The standard InChI is InChI=1S/C16H29N3O2.ClH/c1-3-12(2)15(20)18-7-4-5-14(11-18)16(21)19-8-6-13(9-17)10-19;/h12-14H,3-11,17H2,1-2H3;1H. The number of piperidine rings is 1. The van der Waals surface area contributed by atoms with E-state index in [1.165, 1.54) is 0 Å². The molecule has 6 heteroatoms. The van der Waals surface area contributed by atoms with Gasteiger partial charge in [-0.1, -0.05) is 13.8 Å². The van der Waals surface area contributed by atoms with E-state index < -0.39 is 0 Å². The Balaban J connectivity index is 0.00000242. The lowest BCUT2D eigenvalue weighted by Gasteiger charge is -2.35. The van der Waals surface area contributed by atoms with Crippen LogP contribution in [0, 0.1) is 17.8 Å². The van der Waals surface area contributed by atoms with Crippen LogP contribution in [0.4, 0.5) is 0 Å². The SMILES string of the molecule is CCC(C)C(=O)N1CCCC(C(=O)N2CCC(CN)C2)C1.Cl. The smallest absolute Gasteiger partial charge is 0.227 e. The van der Waals surface area contributed by atoms with Crippen LogP contribution in [0.3, 0.4) is 0 Å². The van der Waals surface area contributed by atoms with Crippen LogP contribution in [0.15, 0.2) is 0 Å². The zero-order valence-corrected chi connectivity index (χ0v) is 14.6. The van der Waals surface area contributed by atoms with Crippen molar-refractivity contribution in [2.45, 2.75) is 39.5 Å². The van der Waals surface area contributed by atoms with Crippen LogP contribution < -0.4 is 5.73 Å². The van der Waals surface area contributed by atoms with Crippen molar-refractivity contribution >= 4 is 24.2 Å². The van der Waals surface area contributed by atoms with Gasteiger partial charge in [-0.3, -0.25) is 9.59 Å². The summed E-state index contributed by atoms with van der Waals surface area (Å²) in [5.74, 6) is 0.940. The van der Waals surface area contributed by atoms with Gasteiger partial charge >= 0.3 is 0 Å². The molecule has 2 fully saturated rings. The van der Waals surface area contributed by atoms with Crippen molar-refractivity contribution in [1.82, 2.24) is 9.80 Å². The van der Waals surface area contributed by atoms with E-state index in [1.807, 2.05) is 23.6 Å². The second-order valence-electron chi connectivity index (χ2n) is 6.61. The minimum atomic E-state index is -0.0109. The van der Waals surface area contributed by atoms with E-state index in [0.717, 1.165) is 45.3 Å². The minimum absolute atomic E-state index is 0. The quantitative estimate of drug-likeness (QED) is 0.849. The zero-order valence-electron chi connectivity index (χ0n) is 13.8. The monoisotopic (exact) mass is 331 g/mol. The number of rotatable bonds is 4. The van der Waals surface area contributed by atoms with Crippen molar-refractivity contribution in [3.8, 4) is 0 Å². The van der Waals surface area contributed by atoms with Crippen molar-refractivity contribution in [3.63, 3.8) is 0 Å². The Morgan fingerprint density at radius 2 is 1.91 bits per heavy atom. The third kappa shape index (κ3) is 4.35. The fourth-order valence-corrected chi connectivity index (χ4v) is 3.35. The van der Waals surface area contributed by atoms with E-state index in [1.54, 1.807) is 0 Å². The molecule has 2 saturated heterocycles. The zero-order chi connectivity index (χ0) is 15.4. The Morgan fingerprint density at radius 1 is 1.18 bits per heavy atom. The summed E-state index contributed by atoms with van der Waals surface area (Å²) in [4.78, 5) is 28.8. The molecule has 2 N–H and O–H groups in total. The number of nitrogens with zero attached hydrogens (tertiary/aromatic N) is 2. The normalized spacial score (nSPS) is 26.5. The van der Waals surface area contributed by atoms with Crippen molar-refractivity contribution in [1.29, 1.82) is 0 Å². The van der Waals surface area contributed by atoms with Gasteiger partial charge in [-0.15, -0.1) is 12.4 Å². The number of carbonyl (C=O) groups is 2. The molecule has 2 amide bonds. The number of hydrogen-bond donors (Lipinski definition) is 1. The van der Waals surface area contributed by atoms with Gasteiger partial charge in [0.05, 0.1) is 5.92 Å². The highest BCUT2D eigenvalue weighted by molar-refractivity contribution is 5.85. The highest BCUT2D eigenvalue weighted by Gasteiger charge is 2.34. The third-order valence-electron chi connectivity index (χ3n) is 5.05. The van der Waals surface area contributed by atoms with Gasteiger partial charge in [0.15, 0.2) is 0 Å². The lowest BCUT2D eigenvalue weighted by atomic mass is 9.95. The maximum atomic E-state index is 12.6. The summed E-state index contributed by atoms with van der Waals surface area (Å²) in [6, 6.07) is 0. The van der Waals surface area contributed by atoms with Gasteiger partial charge in [-0.05, 0) is 38.1 Å². The number of halogens is 1.